The van der Waals surface area contributed by atoms with Gasteiger partial charge in [0.05, 0.1) is 12.2 Å². The van der Waals surface area contributed by atoms with Gasteiger partial charge in [0.2, 0.25) is 0 Å². The van der Waals surface area contributed by atoms with Crippen LogP contribution in [0.2, 0.25) is 0 Å². The Morgan fingerprint density at radius 2 is 1.31 bits per heavy atom. The molecule has 3 rings (SSSR count). The third-order valence-corrected chi connectivity index (χ3v) is 5.11. The van der Waals surface area contributed by atoms with E-state index in [0.717, 1.165) is 29.4 Å². The minimum atomic E-state index is -0.500. The molecule has 6 nitrogen and oxygen atoms in total. The molecule has 0 N–H and O–H groups in total. The van der Waals surface area contributed by atoms with Crippen molar-refractivity contribution in [2.75, 3.05) is 19.8 Å². The van der Waals surface area contributed by atoms with Gasteiger partial charge in [-0.15, -0.1) is 11.6 Å². The van der Waals surface area contributed by atoms with E-state index in [1.807, 2.05) is 43.3 Å². The zero-order valence-corrected chi connectivity index (χ0v) is 20.2. The van der Waals surface area contributed by atoms with Gasteiger partial charge in [0.1, 0.15) is 30.5 Å². The standard InChI is InChI=1S/C28H27ClO6/c1-3-27(30)34-19-18-33-25-12-14-26(15-13-25)35-28(31)23-6-4-21(5-7-23)22-8-10-24(11-9-22)32-17-16-20(2)29/h3-15,20H,1,16-19H2,2H3. The maximum Gasteiger partial charge on any atom is 0.343 e. The topological polar surface area (TPSA) is 71.1 Å². The first kappa shape index (κ1) is 25.8. The molecule has 0 saturated carbocycles. The maximum absolute atomic E-state index is 12.5. The zero-order chi connectivity index (χ0) is 25.0. The molecule has 3 aromatic rings. The van der Waals surface area contributed by atoms with E-state index >= 15 is 0 Å². The molecule has 0 radical (unpaired) electrons. The molecule has 0 bridgehead atoms. The van der Waals surface area contributed by atoms with Crippen molar-refractivity contribution in [2.24, 2.45) is 0 Å². The lowest BCUT2D eigenvalue weighted by molar-refractivity contribution is -0.138. The van der Waals surface area contributed by atoms with E-state index in [-0.39, 0.29) is 18.6 Å². The van der Waals surface area contributed by atoms with E-state index in [1.54, 1.807) is 36.4 Å². The Morgan fingerprint density at radius 1 is 0.800 bits per heavy atom. The number of hydrogen-bond acceptors (Lipinski definition) is 6. The SMILES string of the molecule is C=CC(=O)OCCOc1ccc(OC(=O)c2ccc(-c3ccc(OCCC(C)Cl)cc3)cc2)cc1. The summed E-state index contributed by atoms with van der Waals surface area (Å²) in [6.07, 6.45) is 1.88. The van der Waals surface area contributed by atoms with Crippen LogP contribution < -0.4 is 14.2 Å². The minimum absolute atomic E-state index is 0.0832. The summed E-state index contributed by atoms with van der Waals surface area (Å²) >= 11 is 5.94. The highest BCUT2D eigenvalue weighted by Crippen LogP contribution is 2.24. The molecule has 0 aliphatic heterocycles. The smallest absolute Gasteiger partial charge is 0.343 e. The predicted octanol–water partition coefficient (Wildman–Crippen LogP) is 6.08. The summed E-state index contributed by atoms with van der Waals surface area (Å²) in [6.45, 7) is 6.15. The molecule has 0 fully saturated rings. The highest BCUT2D eigenvalue weighted by molar-refractivity contribution is 6.20. The van der Waals surface area contributed by atoms with Gasteiger partial charge in [-0.3, -0.25) is 0 Å². The molecule has 0 aliphatic carbocycles. The average molecular weight is 495 g/mol. The van der Waals surface area contributed by atoms with Crippen molar-refractivity contribution in [2.45, 2.75) is 18.7 Å². The summed E-state index contributed by atoms with van der Waals surface area (Å²) in [4.78, 5) is 23.5. The summed E-state index contributed by atoms with van der Waals surface area (Å²) in [5, 5.41) is 0.0832. The van der Waals surface area contributed by atoms with Crippen LogP contribution >= 0.6 is 11.6 Å². The van der Waals surface area contributed by atoms with Gasteiger partial charge in [0, 0.05) is 11.5 Å². The van der Waals surface area contributed by atoms with E-state index in [4.69, 9.17) is 30.5 Å². The Balaban J connectivity index is 1.50. The zero-order valence-electron chi connectivity index (χ0n) is 19.4. The Hall–Kier alpha value is -3.77. The van der Waals surface area contributed by atoms with Gasteiger partial charge in [-0.25, -0.2) is 9.59 Å². The highest BCUT2D eigenvalue weighted by atomic mass is 35.5. The summed E-state index contributed by atoms with van der Waals surface area (Å²) in [6, 6.07) is 21.6. The molecule has 0 spiro atoms. The fraction of sp³-hybridized carbons (Fsp3) is 0.214. The Kier molecular flexibility index (Phi) is 9.75. The third kappa shape index (κ3) is 8.50. The molecule has 0 saturated heterocycles. The molecule has 7 heteroatoms. The lowest BCUT2D eigenvalue weighted by atomic mass is 10.0. The van der Waals surface area contributed by atoms with Crippen LogP contribution in [-0.2, 0) is 9.53 Å². The van der Waals surface area contributed by atoms with Crippen LogP contribution in [0, 0.1) is 0 Å². The van der Waals surface area contributed by atoms with Gasteiger partial charge in [-0.05, 0) is 73.0 Å². The van der Waals surface area contributed by atoms with Gasteiger partial charge < -0.3 is 18.9 Å². The molecule has 0 amide bonds. The molecule has 1 unspecified atom stereocenters. The van der Waals surface area contributed by atoms with E-state index in [2.05, 4.69) is 6.58 Å². The van der Waals surface area contributed by atoms with Crippen molar-refractivity contribution in [1.82, 2.24) is 0 Å². The minimum Gasteiger partial charge on any atom is -0.494 e. The van der Waals surface area contributed by atoms with Crippen molar-refractivity contribution in [3.05, 3.63) is 91.0 Å². The first-order chi connectivity index (χ1) is 16.9. The van der Waals surface area contributed by atoms with E-state index in [0.29, 0.717) is 23.7 Å². The molecular weight excluding hydrogens is 468 g/mol. The summed E-state index contributed by atoms with van der Waals surface area (Å²) < 4.78 is 21.4. The monoisotopic (exact) mass is 494 g/mol. The lowest BCUT2D eigenvalue weighted by Crippen LogP contribution is -2.10. The second kappa shape index (κ2) is 13.2. The molecule has 1 atom stereocenters. The van der Waals surface area contributed by atoms with Crippen LogP contribution in [0.1, 0.15) is 23.7 Å². The van der Waals surface area contributed by atoms with Crippen LogP contribution in [-0.4, -0.2) is 37.1 Å². The van der Waals surface area contributed by atoms with Gasteiger partial charge in [-0.2, -0.15) is 0 Å². The molecule has 35 heavy (non-hydrogen) atoms. The van der Waals surface area contributed by atoms with Crippen molar-refractivity contribution >= 4 is 23.5 Å². The van der Waals surface area contributed by atoms with E-state index in [1.165, 1.54) is 0 Å². The molecule has 3 aromatic carbocycles. The molecule has 0 aromatic heterocycles. The number of esters is 2. The number of carbonyl (C=O) groups excluding carboxylic acids is 2. The number of benzene rings is 3. The summed E-state index contributed by atoms with van der Waals surface area (Å²) in [5.41, 5.74) is 2.42. The highest BCUT2D eigenvalue weighted by Gasteiger charge is 2.10. The van der Waals surface area contributed by atoms with E-state index < -0.39 is 11.9 Å². The first-order valence-corrected chi connectivity index (χ1v) is 11.6. The molecular formula is C28H27ClO6. The van der Waals surface area contributed by atoms with Crippen LogP contribution in [0.5, 0.6) is 17.2 Å². The largest absolute Gasteiger partial charge is 0.494 e. The van der Waals surface area contributed by atoms with Crippen molar-refractivity contribution in [3.63, 3.8) is 0 Å². The molecule has 182 valence electrons. The normalized spacial score (nSPS) is 11.3. The van der Waals surface area contributed by atoms with Crippen LogP contribution in [0.4, 0.5) is 0 Å². The second-order valence-corrected chi connectivity index (χ2v) is 8.35. The number of carbonyl (C=O) groups is 2. The van der Waals surface area contributed by atoms with Crippen molar-refractivity contribution in [1.29, 1.82) is 0 Å². The fourth-order valence-corrected chi connectivity index (χ4v) is 3.10. The average Bonchev–Trinajstić information content (AvgIpc) is 2.87. The maximum atomic E-state index is 12.5. The second-order valence-electron chi connectivity index (χ2n) is 7.60. The first-order valence-electron chi connectivity index (χ1n) is 11.2. The van der Waals surface area contributed by atoms with Gasteiger partial charge in [-0.1, -0.05) is 30.8 Å². The lowest BCUT2D eigenvalue weighted by Gasteiger charge is -2.09. The summed E-state index contributed by atoms with van der Waals surface area (Å²) in [7, 11) is 0. The van der Waals surface area contributed by atoms with Crippen LogP contribution in [0.15, 0.2) is 85.5 Å². The predicted molar refractivity (Wildman–Crippen MR) is 135 cm³/mol. The Labute approximate surface area is 210 Å². The molecule has 0 heterocycles. The number of halogens is 1. The molecule has 0 aliphatic rings. The van der Waals surface area contributed by atoms with Crippen molar-refractivity contribution in [3.8, 4) is 28.4 Å². The number of ether oxygens (including phenoxy) is 4. The number of rotatable bonds is 12. The Bertz CT molecular complexity index is 1110. The summed E-state index contributed by atoms with van der Waals surface area (Å²) in [5.74, 6) is 0.787. The number of alkyl halides is 1. The van der Waals surface area contributed by atoms with Crippen LogP contribution in [0.3, 0.4) is 0 Å². The van der Waals surface area contributed by atoms with Crippen LogP contribution in [0.25, 0.3) is 11.1 Å². The van der Waals surface area contributed by atoms with Gasteiger partial charge >= 0.3 is 11.9 Å². The number of hydrogen-bond donors (Lipinski definition) is 0. The van der Waals surface area contributed by atoms with Gasteiger partial charge in [0.15, 0.2) is 0 Å². The van der Waals surface area contributed by atoms with E-state index in [9.17, 15) is 9.59 Å². The fourth-order valence-electron chi connectivity index (χ4n) is 3.01. The quantitative estimate of drug-likeness (QED) is 0.0999. The van der Waals surface area contributed by atoms with Crippen molar-refractivity contribution < 1.29 is 28.5 Å². The third-order valence-electron chi connectivity index (χ3n) is 4.89. The van der Waals surface area contributed by atoms with Gasteiger partial charge in [0.25, 0.3) is 0 Å². The Morgan fingerprint density at radius 3 is 1.89 bits per heavy atom.